The average molecular weight is 334 g/mol. The molecule has 0 spiro atoms. The first-order valence-electron chi connectivity index (χ1n) is 6.97. The molecular weight excluding hydrogens is 314 g/mol. The Bertz CT molecular complexity index is 648. The molecule has 0 radical (unpaired) electrons. The van der Waals surface area contributed by atoms with E-state index >= 15 is 0 Å². The molecule has 21 heavy (non-hydrogen) atoms. The molecule has 0 aromatic carbocycles. The van der Waals surface area contributed by atoms with Gasteiger partial charge in [-0.1, -0.05) is 20.8 Å². The third kappa shape index (κ3) is 3.77. The van der Waals surface area contributed by atoms with Crippen LogP contribution in [-0.2, 0) is 9.05 Å². The molecule has 1 aliphatic rings. The second-order valence-electron chi connectivity index (χ2n) is 6.23. The van der Waals surface area contributed by atoms with Gasteiger partial charge in [-0.2, -0.15) is 5.10 Å². The van der Waals surface area contributed by atoms with Gasteiger partial charge in [-0.05, 0) is 24.7 Å². The molecule has 1 heterocycles. The maximum absolute atomic E-state index is 12.2. The van der Waals surface area contributed by atoms with E-state index in [0.29, 0.717) is 12.2 Å². The van der Waals surface area contributed by atoms with Crippen LogP contribution in [0.4, 0.5) is 0 Å². The van der Waals surface area contributed by atoms with Gasteiger partial charge in [0.2, 0.25) is 0 Å². The van der Waals surface area contributed by atoms with E-state index in [9.17, 15) is 13.2 Å². The van der Waals surface area contributed by atoms with Gasteiger partial charge in [-0.25, -0.2) is 8.42 Å². The highest BCUT2D eigenvalue weighted by Gasteiger charge is 2.36. The SMILES string of the molecule is CCC(C)(C)CNC(=O)c1n[nH]c(C2CC2)c1S(=O)(=O)Cl. The summed E-state index contributed by atoms with van der Waals surface area (Å²) in [6.45, 7) is 6.51. The number of H-pyrrole nitrogens is 1. The molecule has 1 aliphatic carbocycles. The molecule has 6 nitrogen and oxygen atoms in total. The summed E-state index contributed by atoms with van der Waals surface area (Å²) in [6.07, 6.45) is 2.65. The van der Waals surface area contributed by atoms with Crippen LogP contribution in [0.3, 0.4) is 0 Å². The van der Waals surface area contributed by atoms with Crippen molar-refractivity contribution in [1.29, 1.82) is 0 Å². The van der Waals surface area contributed by atoms with E-state index in [-0.39, 0.29) is 21.9 Å². The zero-order valence-electron chi connectivity index (χ0n) is 12.4. The van der Waals surface area contributed by atoms with Crippen molar-refractivity contribution in [2.45, 2.75) is 50.8 Å². The molecular formula is C13H20ClN3O3S. The number of halogens is 1. The van der Waals surface area contributed by atoms with Crippen LogP contribution in [-0.4, -0.2) is 31.1 Å². The average Bonchev–Trinajstić information content (AvgIpc) is 3.13. The Labute approximate surface area is 129 Å². The Hall–Kier alpha value is -1.08. The Morgan fingerprint density at radius 1 is 1.48 bits per heavy atom. The number of aromatic amines is 1. The number of aromatic nitrogens is 2. The quantitative estimate of drug-likeness (QED) is 0.782. The normalized spacial score (nSPS) is 16.0. The number of carbonyl (C=O) groups excluding carboxylic acids is 1. The fraction of sp³-hybridized carbons (Fsp3) is 0.692. The predicted octanol–water partition coefficient (Wildman–Crippen LogP) is 2.38. The second-order valence-corrected chi connectivity index (χ2v) is 8.73. The first kappa shape index (κ1) is 16.3. The van der Waals surface area contributed by atoms with Crippen LogP contribution in [0.1, 0.15) is 62.1 Å². The Balaban J connectivity index is 2.26. The van der Waals surface area contributed by atoms with Gasteiger partial charge >= 0.3 is 0 Å². The number of hydrogen-bond donors (Lipinski definition) is 2. The number of amides is 1. The minimum Gasteiger partial charge on any atom is -0.350 e. The summed E-state index contributed by atoms with van der Waals surface area (Å²) < 4.78 is 23.5. The van der Waals surface area contributed by atoms with E-state index in [2.05, 4.69) is 15.5 Å². The van der Waals surface area contributed by atoms with E-state index < -0.39 is 15.0 Å². The number of hydrogen-bond acceptors (Lipinski definition) is 4. The standard InChI is InChI=1S/C13H20ClN3O3S/c1-4-13(2,3)7-15-12(18)10-11(21(14,19)20)9(16-17-10)8-5-6-8/h8H,4-7H2,1-3H3,(H,15,18)(H,16,17). The van der Waals surface area contributed by atoms with Crippen molar-refractivity contribution in [3.05, 3.63) is 11.4 Å². The maximum atomic E-state index is 12.2. The van der Waals surface area contributed by atoms with Crippen LogP contribution < -0.4 is 5.32 Å². The number of carbonyl (C=O) groups is 1. The zero-order valence-corrected chi connectivity index (χ0v) is 13.9. The molecule has 0 unspecified atom stereocenters. The molecule has 1 fully saturated rings. The first-order valence-corrected chi connectivity index (χ1v) is 9.28. The molecule has 0 saturated heterocycles. The van der Waals surface area contributed by atoms with Crippen LogP contribution in [0.25, 0.3) is 0 Å². The molecule has 0 atom stereocenters. The largest absolute Gasteiger partial charge is 0.350 e. The summed E-state index contributed by atoms with van der Waals surface area (Å²) in [5.74, 6) is -0.409. The second kappa shape index (κ2) is 5.61. The molecule has 8 heteroatoms. The summed E-state index contributed by atoms with van der Waals surface area (Å²) in [6, 6.07) is 0. The highest BCUT2D eigenvalue weighted by Crippen LogP contribution is 2.43. The molecule has 0 bridgehead atoms. The molecule has 2 rings (SSSR count). The minimum absolute atomic E-state index is 0.0642. The fourth-order valence-electron chi connectivity index (χ4n) is 1.92. The number of rotatable bonds is 6. The van der Waals surface area contributed by atoms with Gasteiger partial charge in [0.05, 0.1) is 5.69 Å². The minimum atomic E-state index is -4.01. The molecule has 1 amide bonds. The van der Waals surface area contributed by atoms with Gasteiger partial charge in [-0.3, -0.25) is 9.89 Å². The third-order valence-electron chi connectivity index (χ3n) is 3.88. The van der Waals surface area contributed by atoms with Gasteiger partial charge in [-0.15, -0.1) is 0 Å². The van der Waals surface area contributed by atoms with Crippen molar-refractivity contribution in [3.8, 4) is 0 Å². The Morgan fingerprint density at radius 2 is 2.10 bits per heavy atom. The van der Waals surface area contributed by atoms with E-state index in [1.807, 2.05) is 20.8 Å². The van der Waals surface area contributed by atoms with Crippen LogP contribution in [0, 0.1) is 5.41 Å². The first-order chi connectivity index (χ1) is 9.65. The topological polar surface area (TPSA) is 91.9 Å². The monoisotopic (exact) mass is 333 g/mol. The molecule has 1 saturated carbocycles. The van der Waals surface area contributed by atoms with Crippen molar-refractivity contribution < 1.29 is 13.2 Å². The lowest BCUT2D eigenvalue weighted by Crippen LogP contribution is -2.34. The van der Waals surface area contributed by atoms with E-state index in [4.69, 9.17) is 10.7 Å². The summed E-state index contributed by atoms with van der Waals surface area (Å²) in [5, 5.41) is 9.26. The summed E-state index contributed by atoms with van der Waals surface area (Å²) in [4.78, 5) is 12.0. The number of nitrogens with one attached hydrogen (secondary N) is 2. The highest BCUT2D eigenvalue weighted by atomic mass is 35.7. The Morgan fingerprint density at radius 3 is 2.57 bits per heavy atom. The Kier molecular flexibility index (Phi) is 4.35. The maximum Gasteiger partial charge on any atom is 0.273 e. The smallest absolute Gasteiger partial charge is 0.273 e. The molecule has 0 aliphatic heterocycles. The lowest BCUT2D eigenvalue weighted by molar-refractivity contribution is 0.0927. The van der Waals surface area contributed by atoms with Crippen LogP contribution in [0.15, 0.2) is 4.90 Å². The van der Waals surface area contributed by atoms with E-state index in [1.54, 1.807) is 0 Å². The van der Waals surface area contributed by atoms with Crippen molar-refractivity contribution >= 4 is 25.6 Å². The van der Waals surface area contributed by atoms with Crippen LogP contribution >= 0.6 is 10.7 Å². The van der Waals surface area contributed by atoms with Crippen LogP contribution in [0.2, 0.25) is 0 Å². The third-order valence-corrected chi connectivity index (χ3v) is 5.24. The lowest BCUT2D eigenvalue weighted by Gasteiger charge is -2.22. The molecule has 118 valence electrons. The van der Waals surface area contributed by atoms with Crippen LogP contribution in [0.5, 0.6) is 0 Å². The zero-order chi connectivity index (χ0) is 15.8. The fourth-order valence-corrected chi connectivity index (χ4v) is 3.24. The predicted molar refractivity (Wildman–Crippen MR) is 80.0 cm³/mol. The summed E-state index contributed by atoms with van der Waals surface area (Å²) in [7, 11) is 1.46. The van der Waals surface area contributed by atoms with Gasteiger partial charge in [0.15, 0.2) is 5.69 Å². The van der Waals surface area contributed by atoms with Crippen molar-refractivity contribution in [2.75, 3.05) is 6.54 Å². The van der Waals surface area contributed by atoms with E-state index in [0.717, 1.165) is 19.3 Å². The molecule has 2 N–H and O–H groups in total. The summed E-state index contributed by atoms with van der Waals surface area (Å²) in [5.41, 5.74) is 0.245. The lowest BCUT2D eigenvalue weighted by atomic mass is 9.90. The number of nitrogens with zero attached hydrogens (tertiary/aromatic N) is 1. The van der Waals surface area contributed by atoms with Crippen molar-refractivity contribution in [2.24, 2.45) is 5.41 Å². The van der Waals surface area contributed by atoms with Gasteiger partial charge < -0.3 is 5.32 Å². The molecule has 1 aromatic rings. The van der Waals surface area contributed by atoms with Gasteiger partial charge in [0.1, 0.15) is 4.90 Å². The van der Waals surface area contributed by atoms with Gasteiger partial charge in [0.25, 0.3) is 15.0 Å². The van der Waals surface area contributed by atoms with Gasteiger partial charge in [0, 0.05) is 23.1 Å². The van der Waals surface area contributed by atoms with E-state index in [1.165, 1.54) is 0 Å². The highest BCUT2D eigenvalue weighted by molar-refractivity contribution is 8.13. The molecule has 1 aromatic heterocycles. The summed E-state index contributed by atoms with van der Waals surface area (Å²) >= 11 is 0. The van der Waals surface area contributed by atoms with Crippen molar-refractivity contribution in [3.63, 3.8) is 0 Å². The van der Waals surface area contributed by atoms with Crippen molar-refractivity contribution in [1.82, 2.24) is 15.5 Å².